The molecule has 2 aromatic rings. The Morgan fingerprint density at radius 1 is 0.459 bits per heavy atom. The van der Waals surface area contributed by atoms with E-state index in [0.717, 1.165) is 80.9 Å². The molecule has 556 valence electrons. The number of aromatic nitrogens is 2. The van der Waals surface area contributed by atoms with Gasteiger partial charge in [-0.05, 0) is 236 Å². The first-order valence-electron chi connectivity index (χ1n) is 39.8. The molecule has 9 fully saturated rings. The van der Waals surface area contributed by atoms with Crippen LogP contribution in [0.5, 0.6) is 0 Å². The standard InChI is InChI=1S/C15H26N2.C11H22N2.C10H22N2.C9H16N2.C8H15N3.C8H17N.C7H13N3.C7H10N2.C5H5N/c1-3-7-16-11-13-9-12(14(16)5-1)10-17-8-4-2-6-15(13)17;1-8(2)12-7-13(9(3)4)11(6)10(12)5;1-11(2)9-7-5-6-8-10(9)12(3)4;1-2-5-9-10-6-4-8-11(9)7-3-1;1-10-5-3-7-11-6-2-4-9-8(10)11;1-9(2)8-6-4-3-5-7-8;1-3-8-7-9-4-2-6-10(7)5-1;1-9(2)7-3-5-8-6-4-7;1-2-4-6-5-3-1/h12-15H,1-11H2;8-9H,7H2,1-6H3;9-10H,5-8H2,1-4H3;1-8H2;2-7H2,1H3;8H,3-7H2,1-2H3;1-6H2,(H,8,9);3-6H,1-2H3;1-5H/t12-,13-,14-,15+;;9-,10?;;;;;;/m1.0....../s1. The van der Waals surface area contributed by atoms with Gasteiger partial charge < -0.3 is 54.3 Å². The van der Waals surface area contributed by atoms with Crippen molar-refractivity contribution in [1.82, 2.24) is 69.2 Å². The quantitative estimate of drug-likeness (QED) is 0.296. The number of hydrogen-bond donors (Lipinski definition) is 1. The molecule has 2 bridgehead atoms. The average Bonchev–Trinajstić information content (AvgIpc) is 0.985. The molecule has 18 nitrogen and oxygen atoms in total. The smallest absolute Gasteiger partial charge is 0.196 e. The number of allylic oxidation sites excluding steroid dienone is 2. The zero-order chi connectivity index (χ0) is 70.2. The van der Waals surface area contributed by atoms with Crippen molar-refractivity contribution < 1.29 is 0 Å². The number of nitrogens with zero attached hydrogens (tertiary/aromatic N) is 17. The van der Waals surface area contributed by atoms with Crippen LogP contribution in [0.3, 0.4) is 0 Å². The third-order valence-electron chi connectivity index (χ3n) is 23.0. The van der Waals surface area contributed by atoms with Gasteiger partial charge in [0, 0.05) is 197 Å². The lowest BCUT2D eigenvalue weighted by Crippen LogP contribution is -2.63. The summed E-state index contributed by atoms with van der Waals surface area (Å²) < 4.78 is 0. The predicted molar refractivity (Wildman–Crippen MR) is 418 cm³/mol. The van der Waals surface area contributed by atoms with Crippen molar-refractivity contribution in [3.63, 3.8) is 0 Å². The topological polar surface area (TPSA) is 114 Å². The summed E-state index contributed by atoms with van der Waals surface area (Å²) in [5.41, 5.74) is 4.05. The maximum atomic E-state index is 4.55. The van der Waals surface area contributed by atoms with Gasteiger partial charge in [-0.25, -0.2) is 0 Å². The highest BCUT2D eigenvalue weighted by molar-refractivity contribution is 5.83. The van der Waals surface area contributed by atoms with E-state index in [1.807, 2.05) is 49.3 Å². The summed E-state index contributed by atoms with van der Waals surface area (Å²) in [4.78, 5) is 50.4. The van der Waals surface area contributed by atoms with Crippen LogP contribution in [0.2, 0.25) is 0 Å². The molecule has 13 aliphatic rings. The Kier molecular flexibility index (Phi) is 36.1. The summed E-state index contributed by atoms with van der Waals surface area (Å²) in [6, 6.07) is 15.2. The Morgan fingerprint density at radius 3 is 1.44 bits per heavy atom. The van der Waals surface area contributed by atoms with E-state index in [9.17, 15) is 0 Å². The number of nitrogens with one attached hydrogen (secondary N) is 1. The molecule has 1 unspecified atom stereocenters. The number of guanidine groups is 2. The molecule has 0 radical (unpaired) electrons. The van der Waals surface area contributed by atoms with Crippen molar-refractivity contribution in [2.75, 3.05) is 173 Å². The van der Waals surface area contributed by atoms with Gasteiger partial charge in [0.25, 0.3) is 0 Å². The van der Waals surface area contributed by atoms with Crippen LogP contribution in [0.25, 0.3) is 0 Å². The van der Waals surface area contributed by atoms with Crippen molar-refractivity contribution in [2.45, 2.75) is 244 Å². The Hall–Kier alpha value is -4.75. The molecule has 2 aromatic heterocycles. The summed E-state index contributed by atoms with van der Waals surface area (Å²) in [6.07, 6.45) is 41.9. The van der Waals surface area contributed by atoms with Gasteiger partial charge in [0.2, 0.25) is 0 Å². The van der Waals surface area contributed by atoms with E-state index in [4.69, 9.17) is 0 Å². The molecule has 0 amide bonds. The van der Waals surface area contributed by atoms with Gasteiger partial charge in [-0.1, -0.05) is 57.4 Å². The highest BCUT2D eigenvalue weighted by atomic mass is 15.4. The fourth-order valence-corrected chi connectivity index (χ4v) is 17.3. The van der Waals surface area contributed by atoms with Gasteiger partial charge in [0.1, 0.15) is 0 Å². The van der Waals surface area contributed by atoms with Crippen LogP contribution in [-0.4, -0.2) is 292 Å². The molecule has 0 spiro atoms. The van der Waals surface area contributed by atoms with Gasteiger partial charge in [-0.2, -0.15) is 0 Å². The number of pyridine rings is 2. The van der Waals surface area contributed by atoms with Crippen LogP contribution in [0.1, 0.15) is 202 Å². The number of fused-ring (bicyclic) bond motifs is 9. The first-order valence-corrected chi connectivity index (χ1v) is 39.8. The van der Waals surface area contributed by atoms with Gasteiger partial charge in [0.05, 0.1) is 12.5 Å². The largest absolute Gasteiger partial charge is 0.378 e. The maximum absolute atomic E-state index is 4.55. The summed E-state index contributed by atoms with van der Waals surface area (Å²) in [5.74, 6) is 5.79. The minimum absolute atomic E-state index is 0.610. The third-order valence-corrected chi connectivity index (χ3v) is 23.0. The Bertz CT molecular complexity index is 2470. The van der Waals surface area contributed by atoms with Crippen LogP contribution >= 0.6 is 0 Å². The molecule has 0 aromatic carbocycles. The summed E-state index contributed by atoms with van der Waals surface area (Å²) in [5, 5.41) is 3.30. The minimum Gasteiger partial charge on any atom is -0.378 e. The van der Waals surface area contributed by atoms with Crippen LogP contribution in [0.4, 0.5) is 5.69 Å². The highest BCUT2D eigenvalue weighted by Gasteiger charge is 2.46. The molecule has 18 heteroatoms. The van der Waals surface area contributed by atoms with Crippen molar-refractivity contribution in [3.8, 4) is 0 Å². The van der Waals surface area contributed by atoms with E-state index in [1.54, 1.807) is 31.2 Å². The molecular formula is C80H146N18. The van der Waals surface area contributed by atoms with Crippen LogP contribution in [-0.2, 0) is 0 Å². The number of hydrogen-bond acceptors (Lipinski definition) is 18. The number of aliphatic imine (C=N–C) groups is 3. The number of amidine groups is 1. The zero-order valence-corrected chi connectivity index (χ0v) is 65.5. The maximum Gasteiger partial charge on any atom is 0.196 e. The van der Waals surface area contributed by atoms with E-state index >= 15 is 0 Å². The van der Waals surface area contributed by atoms with E-state index in [1.165, 1.54) is 255 Å². The van der Waals surface area contributed by atoms with Crippen molar-refractivity contribution >= 4 is 23.4 Å². The van der Waals surface area contributed by atoms with Gasteiger partial charge in [-0.15, -0.1) is 0 Å². The fraction of sp³-hybridized carbons (Fsp3) is 0.812. The first-order chi connectivity index (χ1) is 47.4. The zero-order valence-electron chi connectivity index (χ0n) is 65.5. The lowest BCUT2D eigenvalue weighted by Gasteiger charge is -2.57. The summed E-state index contributed by atoms with van der Waals surface area (Å²) in [7, 11) is 19.3. The number of rotatable bonds is 6. The highest BCUT2D eigenvalue weighted by Crippen LogP contribution is 2.43. The number of piperidine rings is 4. The molecule has 15 rings (SSSR count). The molecule has 13 heterocycles. The van der Waals surface area contributed by atoms with Gasteiger partial charge >= 0.3 is 0 Å². The second-order valence-corrected chi connectivity index (χ2v) is 31.6. The normalized spacial score (nSPS) is 26.1. The fourth-order valence-electron chi connectivity index (χ4n) is 17.3. The van der Waals surface area contributed by atoms with Crippen LogP contribution < -0.4 is 10.2 Å². The molecule has 98 heavy (non-hydrogen) atoms. The molecule has 1 N–H and O–H groups in total. The Labute approximate surface area is 600 Å². The van der Waals surface area contributed by atoms with E-state index in [0.29, 0.717) is 12.1 Å². The summed E-state index contributed by atoms with van der Waals surface area (Å²) in [6.45, 7) is 32.9. The first kappa shape index (κ1) is 80.6. The van der Waals surface area contributed by atoms with Crippen LogP contribution in [0.15, 0.2) is 81.5 Å². The average molecular weight is 1360 g/mol. The molecule has 11 aliphatic heterocycles. The third kappa shape index (κ3) is 26.3. The Balaban J connectivity index is 0.000000157. The van der Waals surface area contributed by atoms with E-state index in [-0.39, 0.29) is 0 Å². The van der Waals surface area contributed by atoms with Crippen molar-refractivity contribution in [1.29, 1.82) is 0 Å². The molecule has 2 saturated carbocycles. The molecular weight excluding hydrogens is 1210 g/mol. The molecule has 7 saturated heterocycles. The van der Waals surface area contributed by atoms with Crippen molar-refractivity contribution in [2.24, 2.45) is 26.8 Å². The lowest BCUT2D eigenvalue weighted by molar-refractivity contribution is -0.0718. The van der Waals surface area contributed by atoms with Crippen LogP contribution in [0, 0.1) is 11.8 Å². The van der Waals surface area contributed by atoms with Crippen molar-refractivity contribution in [3.05, 3.63) is 66.5 Å². The second-order valence-electron chi connectivity index (χ2n) is 31.6. The van der Waals surface area contributed by atoms with Gasteiger partial charge in [-0.3, -0.25) is 34.7 Å². The van der Waals surface area contributed by atoms with Gasteiger partial charge in [0.15, 0.2) is 11.9 Å². The predicted octanol–water partition coefficient (Wildman–Crippen LogP) is 12.6. The number of anilines is 1. The monoisotopic (exact) mass is 1360 g/mol. The van der Waals surface area contributed by atoms with E-state index < -0.39 is 0 Å². The summed E-state index contributed by atoms with van der Waals surface area (Å²) >= 11 is 0. The molecule has 2 aliphatic carbocycles. The minimum atomic E-state index is 0.610. The second kappa shape index (κ2) is 43.9. The lowest BCUT2D eigenvalue weighted by atomic mass is 9.71. The Morgan fingerprint density at radius 2 is 0.949 bits per heavy atom. The molecule has 6 atom stereocenters. The van der Waals surface area contributed by atoms with E-state index in [2.05, 4.69) is 175 Å². The SMILES string of the molecule is C1CCC2=NCCCN2CC1.C1CCN2C[C@H]3C[C@H](CN4CCCC[C@@H]34)[C@H]2C1.C1CN=C2NCCCN2C1.CC1=C(C)N(C(C)C)CN1C(C)C.CN(C)C1CCCCC1.CN(C)C1CCCC[C@@H]1N(C)C.CN(C)c1ccncc1.CN1CCCN2CCCN=C12.c1ccncc1. The number of likely N-dealkylation sites (N-methyl/N-ethyl adjacent to an activating group) is 2.